The molecule has 0 spiro atoms. The molecule has 0 atom stereocenters. The number of rotatable bonds is 5. The molecule has 25 heavy (non-hydrogen) atoms. The van der Waals surface area contributed by atoms with Gasteiger partial charge in [0.15, 0.2) is 0 Å². The van der Waals surface area contributed by atoms with Crippen molar-refractivity contribution < 1.29 is 13.9 Å². The first-order valence-electron chi connectivity index (χ1n) is 7.57. The van der Waals surface area contributed by atoms with E-state index < -0.39 is 5.91 Å². The highest BCUT2D eigenvalue weighted by molar-refractivity contribution is 5.94. The summed E-state index contributed by atoms with van der Waals surface area (Å²) in [5.41, 5.74) is 4.57. The summed E-state index contributed by atoms with van der Waals surface area (Å²) in [6.07, 6.45) is 5.32. The Labute approximate surface area is 144 Å². The van der Waals surface area contributed by atoms with Crippen LogP contribution in [-0.2, 0) is 0 Å². The minimum Gasteiger partial charge on any atom is -0.497 e. The van der Waals surface area contributed by atoms with Gasteiger partial charge in [0.05, 0.1) is 13.3 Å². The van der Waals surface area contributed by atoms with Crippen LogP contribution in [0.4, 0.5) is 4.39 Å². The number of hydrogen-bond donors (Lipinski definition) is 1. The number of amides is 1. The molecule has 0 aliphatic carbocycles. The third kappa shape index (κ3) is 4.11. The average Bonchev–Trinajstić information content (AvgIpc) is 3.11. The number of halogens is 1. The maximum Gasteiger partial charge on any atom is 0.271 e. The van der Waals surface area contributed by atoms with E-state index in [0.29, 0.717) is 5.56 Å². The minimum absolute atomic E-state index is 0.342. The first-order chi connectivity index (χ1) is 12.2. The Balaban J connectivity index is 1.63. The van der Waals surface area contributed by atoms with Crippen LogP contribution in [-0.4, -0.2) is 23.8 Å². The van der Waals surface area contributed by atoms with Gasteiger partial charge in [0.25, 0.3) is 5.91 Å². The molecule has 1 N–H and O–H groups in total. The SMILES string of the molecule is COc1ccc(-n2ccc(/C=N\NC(=O)c3ccc(F)cc3)c2)cc1. The van der Waals surface area contributed by atoms with Crippen molar-refractivity contribution in [1.29, 1.82) is 0 Å². The van der Waals surface area contributed by atoms with Gasteiger partial charge < -0.3 is 9.30 Å². The predicted molar refractivity (Wildman–Crippen MR) is 93.8 cm³/mol. The summed E-state index contributed by atoms with van der Waals surface area (Å²) in [5, 5.41) is 3.92. The molecule has 126 valence electrons. The summed E-state index contributed by atoms with van der Waals surface area (Å²) in [5.74, 6) is 0.00644. The van der Waals surface area contributed by atoms with Gasteiger partial charge in [0, 0.05) is 29.2 Å². The Hall–Kier alpha value is -3.41. The number of nitrogens with one attached hydrogen (secondary N) is 1. The van der Waals surface area contributed by atoms with Crippen LogP contribution in [0.2, 0.25) is 0 Å². The van der Waals surface area contributed by atoms with E-state index in [0.717, 1.165) is 17.0 Å². The Kier molecular flexibility index (Phi) is 4.89. The fourth-order valence-electron chi connectivity index (χ4n) is 2.24. The second-order valence-corrected chi connectivity index (χ2v) is 5.26. The van der Waals surface area contributed by atoms with E-state index in [-0.39, 0.29) is 5.82 Å². The molecule has 2 aromatic carbocycles. The van der Waals surface area contributed by atoms with Gasteiger partial charge >= 0.3 is 0 Å². The Bertz CT molecular complexity index is 884. The molecule has 1 aromatic heterocycles. The van der Waals surface area contributed by atoms with Crippen molar-refractivity contribution >= 4 is 12.1 Å². The second kappa shape index (κ2) is 7.44. The van der Waals surface area contributed by atoms with Crippen molar-refractivity contribution in [2.75, 3.05) is 7.11 Å². The van der Waals surface area contributed by atoms with Gasteiger partial charge in [-0.25, -0.2) is 9.82 Å². The third-order valence-corrected chi connectivity index (χ3v) is 3.57. The fourth-order valence-corrected chi connectivity index (χ4v) is 2.24. The molecule has 0 aliphatic rings. The zero-order valence-corrected chi connectivity index (χ0v) is 13.5. The molecule has 0 radical (unpaired) electrons. The zero-order chi connectivity index (χ0) is 17.6. The molecule has 0 saturated carbocycles. The smallest absolute Gasteiger partial charge is 0.271 e. The summed E-state index contributed by atoms with van der Waals surface area (Å²) in [6.45, 7) is 0. The lowest BCUT2D eigenvalue weighted by Gasteiger charge is -2.04. The summed E-state index contributed by atoms with van der Waals surface area (Å²) < 4.78 is 19.9. The van der Waals surface area contributed by atoms with E-state index in [9.17, 15) is 9.18 Å². The normalized spacial score (nSPS) is 10.8. The lowest BCUT2D eigenvalue weighted by Crippen LogP contribution is -2.17. The molecular weight excluding hydrogens is 321 g/mol. The van der Waals surface area contributed by atoms with Crippen LogP contribution < -0.4 is 10.2 Å². The van der Waals surface area contributed by atoms with Crippen molar-refractivity contribution in [3.05, 3.63) is 83.9 Å². The number of ether oxygens (including phenoxy) is 1. The van der Waals surface area contributed by atoms with Crippen LogP contribution >= 0.6 is 0 Å². The molecule has 0 aliphatic heterocycles. The number of carbonyl (C=O) groups is 1. The molecule has 5 nitrogen and oxygen atoms in total. The fraction of sp³-hybridized carbons (Fsp3) is 0.0526. The molecule has 3 aromatic rings. The molecule has 0 fully saturated rings. The first kappa shape index (κ1) is 16.4. The van der Waals surface area contributed by atoms with E-state index in [1.807, 2.05) is 47.3 Å². The van der Waals surface area contributed by atoms with Gasteiger partial charge in [-0.3, -0.25) is 4.79 Å². The van der Waals surface area contributed by atoms with Gasteiger partial charge in [-0.05, 0) is 54.6 Å². The number of carbonyl (C=O) groups excluding carboxylic acids is 1. The second-order valence-electron chi connectivity index (χ2n) is 5.26. The number of hydrogen-bond acceptors (Lipinski definition) is 3. The zero-order valence-electron chi connectivity index (χ0n) is 13.5. The number of aromatic nitrogens is 1. The average molecular weight is 337 g/mol. The monoisotopic (exact) mass is 337 g/mol. The summed E-state index contributed by atoms with van der Waals surface area (Å²) >= 11 is 0. The van der Waals surface area contributed by atoms with Crippen LogP contribution in [0.1, 0.15) is 15.9 Å². The Morgan fingerprint density at radius 3 is 2.52 bits per heavy atom. The minimum atomic E-state index is -0.397. The number of benzene rings is 2. The molecule has 3 rings (SSSR count). The largest absolute Gasteiger partial charge is 0.497 e. The van der Waals surface area contributed by atoms with E-state index in [1.54, 1.807) is 13.3 Å². The van der Waals surface area contributed by atoms with Gasteiger partial charge in [0.1, 0.15) is 11.6 Å². The maximum absolute atomic E-state index is 12.8. The highest BCUT2D eigenvalue weighted by atomic mass is 19.1. The van der Waals surface area contributed by atoms with Crippen molar-refractivity contribution in [1.82, 2.24) is 9.99 Å². The maximum atomic E-state index is 12.8. The number of hydrazone groups is 1. The molecule has 1 heterocycles. The molecule has 0 saturated heterocycles. The van der Waals surface area contributed by atoms with Crippen molar-refractivity contribution in [2.24, 2.45) is 5.10 Å². The predicted octanol–water partition coefficient (Wildman–Crippen LogP) is 3.39. The van der Waals surface area contributed by atoms with E-state index in [4.69, 9.17) is 4.74 Å². The Morgan fingerprint density at radius 1 is 1.12 bits per heavy atom. The van der Waals surface area contributed by atoms with Gasteiger partial charge in [-0.15, -0.1) is 0 Å². The van der Waals surface area contributed by atoms with Gasteiger partial charge in [-0.2, -0.15) is 5.10 Å². The molecule has 0 unspecified atom stereocenters. The summed E-state index contributed by atoms with van der Waals surface area (Å²) in [4.78, 5) is 11.9. The molecule has 1 amide bonds. The summed E-state index contributed by atoms with van der Waals surface area (Å²) in [7, 11) is 1.62. The standard InChI is InChI=1S/C19H16FN3O2/c1-25-18-8-6-17(7-9-18)23-11-10-14(13-23)12-21-22-19(24)15-2-4-16(20)5-3-15/h2-13H,1H3,(H,22,24)/b21-12-. The van der Waals surface area contributed by atoms with Crippen molar-refractivity contribution in [3.63, 3.8) is 0 Å². The topological polar surface area (TPSA) is 55.6 Å². The van der Waals surface area contributed by atoms with E-state index in [1.165, 1.54) is 24.3 Å². The lowest BCUT2D eigenvalue weighted by atomic mass is 10.2. The molecule has 6 heteroatoms. The first-order valence-corrected chi connectivity index (χ1v) is 7.57. The van der Waals surface area contributed by atoms with Gasteiger partial charge in [0.2, 0.25) is 0 Å². The highest BCUT2D eigenvalue weighted by Crippen LogP contribution is 2.15. The summed E-state index contributed by atoms with van der Waals surface area (Å²) in [6, 6.07) is 14.8. The highest BCUT2D eigenvalue weighted by Gasteiger charge is 2.04. The quantitative estimate of drug-likeness (QED) is 0.573. The van der Waals surface area contributed by atoms with Crippen LogP contribution in [0.5, 0.6) is 5.75 Å². The van der Waals surface area contributed by atoms with Crippen molar-refractivity contribution in [3.8, 4) is 11.4 Å². The van der Waals surface area contributed by atoms with E-state index in [2.05, 4.69) is 10.5 Å². The van der Waals surface area contributed by atoms with Crippen LogP contribution in [0.25, 0.3) is 5.69 Å². The van der Waals surface area contributed by atoms with Gasteiger partial charge in [-0.1, -0.05) is 0 Å². The molecular formula is C19H16FN3O2. The van der Waals surface area contributed by atoms with Crippen LogP contribution in [0.3, 0.4) is 0 Å². The number of nitrogens with zero attached hydrogens (tertiary/aromatic N) is 2. The lowest BCUT2D eigenvalue weighted by molar-refractivity contribution is 0.0955. The third-order valence-electron chi connectivity index (χ3n) is 3.57. The Morgan fingerprint density at radius 2 is 1.84 bits per heavy atom. The molecule has 0 bridgehead atoms. The van der Waals surface area contributed by atoms with Crippen LogP contribution in [0.15, 0.2) is 72.1 Å². The number of methoxy groups -OCH3 is 1. The van der Waals surface area contributed by atoms with E-state index >= 15 is 0 Å². The van der Waals surface area contributed by atoms with Crippen LogP contribution in [0, 0.1) is 5.82 Å². The van der Waals surface area contributed by atoms with Crippen molar-refractivity contribution in [2.45, 2.75) is 0 Å².